The lowest BCUT2D eigenvalue weighted by molar-refractivity contribution is 0.110. The molecule has 134 valence electrons. The highest BCUT2D eigenvalue weighted by molar-refractivity contribution is 6.36. The molecule has 2 aromatic carbocycles. The predicted octanol–water partition coefficient (Wildman–Crippen LogP) is 4.47. The first-order valence-electron chi connectivity index (χ1n) is 7.88. The van der Waals surface area contributed by atoms with Crippen LogP contribution in [0.2, 0.25) is 10.0 Å². The Labute approximate surface area is 160 Å². The van der Waals surface area contributed by atoms with E-state index in [2.05, 4.69) is 15.4 Å². The van der Waals surface area contributed by atoms with Crippen LogP contribution >= 0.6 is 23.2 Å². The van der Waals surface area contributed by atoms with Crippen LogP contribution in [0.3, 0.4) is 0 Å². The van der Waals surface area contributed by atoms with Crippen molar-refractivity contribution in [3.05, 3.63) is 70.0 Å². The fourth-order valence-electron chi connectivity index (χ4n) is 2.22. The SMILES string of the molecule is N/C(CCc1ccccc1)=N\OCc1nnc(-c2ccc(Cl)cc2Cl)o1. The van der Waals surface area contributed by atoms with E-state index in [1.54, 1.807) is 18.2 Å². The average molecular weight is 391 g/mol. The van der Waals surface area contributed by atoms with Crippen LogP contribution in [-0.2, 0) is 17.9 Å². The number of hydrogen-bond donors (Lipinski definition) is 1. The fraction of sp³-hybridized carbons (Fsp3) is 0.167. The number of hydrogen-bond acceptors (Lipinski definition) is 5. The monoisotopic (exact) mass is 390 g/mol. The highest BCUT2D eigenvalue weighted by atomic mass is 35.5. The highest BCUT2D eigenvalue weighted by Crippen LogP contribution is 2.29. The second-order valence-corrected chi connectivity index (χ2v) is 6.31. The fourth-order valence-corrected chi connectivity index (χ4v) is 2.71. The van der Waals surface area contributed by atoms with Crippen LogP contribution in [0.4, 0.5) is 0 Å². The number of halogens is 2. The lowest BCUT2D eigenvalue weighted by Gasteiger charge is -2.01. The van der Waals surface area contributed by atoms with Gasteiger partial charge in [-0.2, -0.15) is 0 Å². The summed E-state index contributed by atoms with van der Waals surface area (Å²) in [7, 11) is 0. The molecule has 1 aromatic heterocycles. The second-order valence-electron chi connectivity index (χ2n) is 5.47. The van der Waals surface area contributed by atoms with Crippen molar-refractivity contribution in [2.75, 3.05) is 0 Å². The van der Waals surface area contributed by atoms with E-state index in [0.717, 1.165) is 6.42 Å². The zero-order chi connectivity index (χ0) is 18.4. The van der Waals surface area contributed by atoms with E-state index < -0.39 is 0 Å². The minimum absolute atomic E-state index is 0.0181. The average Bonchev–Trinajstić information content (AvgIpc) is 3.09. The van der Waals surface area contributed by atoms with Crippen molar-refractivity contribution in [2.45, 2.75) is 19.4 Å². The number of nitrogens with zero attached hydrogens (tertiary/aromatic N) is 3. The Morgan fingerprint density at radius 3 is 2.69 bits per heavy atom. The highest BCUT2D eigenvalue weighted by Gasteiger charge is 2.12. The lowest BCUT2D eigenvalue weighted by atomic mass is 10.1. The Bertz CT molecular complexity index is 897. The first-order valence-corrected chi connectivity index (χ1v) is 8.63. The molecule has 1 heterocycles. The molecule has 0 aliphatic heterocycles. The molecule has 0 amide bonds. The summed E-state index contributed by atoms with van der Waals surface area (Å²) >= 11 is 12.0. The summed E-state index contributed by atoms with van der Waals surface area (Å²) < 4.78 is 5.52. The molecular formula is C18H16Cl2N4O2. The van der Waals surface area contributed by atoms with Crippen LogP contribution in [0.5, 0.6) is 0 Å². The number of amidine groups is 1. The number of benzene rings is 2. The van der Waals surface area contributed by atoms with Gasteiger partial charge in [0.15, 0.2) is 6.61 Å². The maximum atomic E-state index is 6.12. The molecule has 0 saturated carbocycles. The summed E-state index contributed by atoms with van der Waals surface area (Å²) in [4.78, 5) is 5.18. The van der Waals surface area contributed by atoms with Gasteiger partial charge in [0.05, 0.1) is 10.6 Å². The van der Waals surface area contributed by atoms with Crippen molar-refractivity contribution in [3.63, 3.8) is 0 Å². The predicted molar refractivity (Wildman–Crippen MR) is 101 cm³/mol. The van der Waals surface area contributed by atoms with Crippen molar-refractivity contribution in [3.8, 4) is 11.5 Å². The van der Waals surface area contributed by atoms with E-state index in [1.807, 2.05) is 30.3 Å². The molecule has 0 aliphatic carbocycles. The summed E-state index contributed by atoms with van der Waals surface area (Å²) in [5.74, 6) is 0.950. The van der Waals surface area contributed by atoms with E-state index in [-0.39, 0.29) is 18.4 Å². The van der Waals surface area contributed by atoms with Crippen LogP contribution in [-0.4, -0.2) is 16.0 Å². The molecule has 2 N–H and O–H groups in total. The Morgan fingerprint density at radius 1 is 1.12 bits per heavy atom. The van der Waals surface area contributed by atoms with Crippen molar-refractivity contribution >= 4 is 29.0 Å². The Balaban J connectivity index is 1.53. The molecule has 0 unspecified atom stereocenters. The molecule has 3 rings (SSSR count). The zero-order valence-corrected chi connectivity index (χ0v) is 15.2. The van der Waals surface area contributed by atoms with Gasteiger partial charge in [0.2, 0.25) is 5.89 Å². The van der Waals surface area contributed by atoms with Crippen LogP contribution in [0.25, 0.3) is 11.5 Å². The van der Waals surface area contributed by atoms with Crippen LogP contribution in [0, 0.1) is 0 Å². The van der Waals surface area contributed by atoms with Gasteiger partial charge in [-0.25, -0.2) is 0 Å². The van der Waals surface area contributed by atoms with Crippen LogP contribution in [0.15, 0.2) is 58.1 Å². The van der Waals surface area contributed by atoms with E-state index in [9.17, 15) is 0 Å². The van der Waals surface area contributed by atoms with Gasteiger partial charge in [0, 0.05) is 11.4 Å². The van der Waals surface area contributed by atoms with Gasteiger partial charge in [-0.1, -0.05) is 58.7 Å². The van der Waals surface area contributed by atoms with Crippen LogP contribution < -0.4 is 5.73 Å². The molecule has 8 heteroatoms. The summed E-state index contributed by atoms with van der Waals surface area (Å²) in [6.45, 7) is 0.0181. The molecule has 6 nitrogen and oxygen atoms in total. The van der Waals surface area contributed by atoms with E-state index in [4.69, 9.17) is 38.2 Å². The number of rotatable bonds is 7. The quantitative estimate of drug-likeness (QED) is 0.365. The van der Waals surface area contributed by atoms with Gasteiger partial charge in [-0.3, -0.25) is 0 Å². The van der Waals surface area contributed by atoms with Crippen molar-refractivity contribution in [1.82, 2.24) is 10.2 Å². The molecule has 3 aromatic rings. The van der Waals surface area contributed by atoms with Crippen molar-refractivity contribution < 1.29 is 9.25 Å². The second kappa shape index (κ2) is 8.69. The van der Waals surface area contributed by atoms with E-state index in [1.165, 1.54) is 5.56 Å². The van der Waals surface area contributed by atoms with E-state index >= 15 is 0 Å². The minimum atomic E-state index is 0.0181. The van der Waals surface area contributed by atoms with Gasteiger partial charge >= 0.3 is 0 Å². The van der Waals surface area contributed by atoms with Gasteiger partial charge in [-0.05, 0) is 30.2 Å². The number of nitrogens with two attached hydrogens (primary N) is 1. The molecule has 0 atom stereocenters. The third-order valence-corrected chi connectivity index (χ3v) is 4.06. The maximum absolute atomic E-state index is 6.12. The van der Waals surface area contributed by atoms with Gasteiger partial charge in [-0.15, -0.1) is 10.2 Å². The largest absolute Gasteiger partial charge is 0.417 e. The summed E-state index contributed by atoms with van der Waals surface area (Å²) in [5, 5.41) is 12.7. The first-order chi connectivity index (χ1) is 12.6. The minimum Gasteiger partial charge on any atom is -0.417 e. The normalized spacial score (nSPS) is 11.5. The standard InChI is InChI=1S/C18H16Cl2N4O2/c19-13-7-8-14(15(20)10-13)18-23-22-17(26-18)11-25-24-16(21)9-6-12-4-2-1-3-5-12/h1-5,7-8,10H,6,9,11H2,(H2,21,24). The topological polar surface area (TPSA) is 86.5 Å². The number of aryl methyl sites for hydroxylation is 1. The molecule has 26 heavy (non-hydrogen) atoms. The Hall–Kier alpha value is -2.57. The Kier molecular flexibility index (Phi) is 6.09. The third kappa shape index (κ3) is 4.97. The molecule has 0 saturated heterocycles. The number of aromatic nitrogens is 2. The summed E-state index contributed by atoms with van der Waals surface area (Å²) in [5.41, 5.74) is 7.63. The van der Waals surface area contributed by atoms with Gasteiger partial charge < -0.3 is 15.0 Å². The zero-order valence-electron chi connectivity index (χ0n) is 13.7. The smallest absolute Gasteiger partial charge is 0.257 e. The van der Waals surface area contributed by atoms with Crippen molar-refractivity contribution in [2.24, 2.45) is 10.9 Å². The van der Waals surface area contributed by atoms with Gasteiger partial charge in [0.25, 0.3) is 5.89 Å². The maximum Gasteiger partial charge on any atom is 0.257 e. The molecule has 0 radical (unpaired) electrons. The molecule has 0 bridgehead atoms. The van der Waals surface area contributed by atoms with Crippen molar-refractivity contribution in [1.29, 1.82) is 0 Å². The summed E-state index contributed by atoms with van der Waals surface area (Å²) in [6.07, 6.45) is 1.39. The molecule has 0 spiro atoms. The summed E-state index contributed by atoms with van der Waals surface area (Å²) in [6, 6.07) is 15.0. The lowest BCUT2D eigenvalue weighted by Crippen LogP contribution is -2.13. The van der Waals surface area contributed by atoms with E-state index in [0.29, 0.717) is 27.9 Å². The third-order valence-electron chi connectivity index (χ3n) is 3.51. The molecule has 0 fully saturated rings. The Morgan fingerprint density at radius 2 is 1.92 bits per heavy atom. The molecule has 0 aliphatic rings. The first kappa shape index (κ1) is 18.2. The van der Waals surface area contributed by atoms with Crippen LogP contribution in [0.1, 0.15) is 17.9 Å². The molecular weight excluding hydrogens is 375 g/mol. The van der Waals surface area contributed by atoms with Gasteiger partial charge in [0.1, 0.15) is 5.84 Å². The number of oxime groups is 1.